The van der Waals surface area contributed by atoms with Crippen LogP contribution in [0.5, 0.6) is 0 Å². The summed E-state index contributed by atoms with van der Waals surface area (Å²) < 4.78 is 32.8. The second-order valence-corrected chi connectivity index (χ2v) is 8.05. The van der Waals surface area contributed by atoms with E-state index < -0.39 is 22.0 Å². The molecule has 1 unspecified atom stereocenters. The third kappa shape index (κ3) is 3.59. The fourth-order valence-electron chi connectivity index (χ4n) is 2.95. The molecule has 0 radical (unpaired) electrons. The average molecular weight is 396 g/mol. The lowest BCUT2D eigenvalue weighted by molar-refractivity contribution is 0.0596. The SMILES string of the molecule is COC(=O)c1cc(Cl)ccc1S(=O)(=O)N1CCNCC1c1cccnc1. The molecule has 0 aliphatic carbocycles. The number of piperazine rings is 1. The number of rotatable bonds is 4. The standard InChI is InChI=1S/C17H18ClN3O4S/c1-25-17(22)14-9-13(18)4-5-16(14)26(23,24)21-8-7-20-11-15(21)12-3-2-6-19-10-12/h2-6,9-10,15,20H,7-8,11H2,1H3. The monoisotopic (exact) mass is 395 g/mol. The topological polar surface area (TPSA) is 88.6 Å². The number of esters is 1. The second kappa shape index (κ2) is 7.71. The number of nitrogens with zero attached hydrogens (tertiary/aromatic N) is 2. The highest BCUT2D eigenvalue weighted by molar-refractivity contribution is 7.89. The molecule has 1 atom stereocenters. The van der Waals surface area contributed by atoms with Crippen LogP contribution in [0.25, 0.3) is 0 Å². The number of sulfonamides is 1. The van der Waals surface area contributed by atoms with Gasteiger partial charge in [-0.2, -0.15) is 4.31 Å². The Balaban J connectivity index is 2.08. The van der Waals surface area contributed by atoms with Crippen molar-refractivity contribution < 1.29 is 17.9 Å². The van der Waals surface area contributed by atoms with Gasteiger partial charge in [0.2, 0.25) is 10.0 Å². The zero-order chi connectivity index (χ0) is 18.7. The van der Waals surface area contributed by atoms with E-state index in [0.717, 1.165) is 5.56 Å². The van der Waals surface area contributed by atoms with Crippen LogP contribution in [0, 0.1) is 0 Å². The van der Waals surface area contributed by atoms with Crippen molar-refractivity contribution in [2.75, 3.05) is 26.7 Å². The Labute approximate surface area is 157 Å². The Kier molecular flexibility index (Phi) is 5.57. The highest BCUT2D eigenvalue weighted by atomic mass is 35.5. The van der Waals surface area contributed by atoms with Gasteiger partial charge < -0.3 is 10.1 Å². The first-order valence-electron chi connectivity index (χ1n) is 7.95. The summed E-state index contributed by atoms with van der Waals surface area (Å²) in [6, 6.07) is 7.26. The molecule has 0 spiro atoms. The van der Waals surface area contributed by atoms with Gasteiger partial charge >= 0.3 is 5.97 Å². The molecule has 7 nitrogen and oxygen atoms in total. The number of pyridine rings is 1. The van der Waals surface area contributed by atoms with Crippen molar-refractivity contribution in [1.82, 2.24) is 14.6 Å². The van der Waals surface area contributed by atoms with Crippen LogP contribution >= 0.6 is 11.6 Å². The molecule has 9 heteroatoms. The van der Waals surface area contributed by atoms with Crippen molar-refractivity contribution in [2.45, 2.75) is 10.9 Å². The van der Waals surface area contributed by atoms with Gasteiger partial charge in [-0.1, -0.05) is 17.7 Å². The predicted molar refractivity (Wildman–Crippen MR) is 96.5 cm³/mol. The number of carbonyl (C=O) groups is 1. The molecule has 2 heterocycles. The Bertz CT molecular complexity index is 905. The first kappa shape index (κ1) is 18.8. The molecule has 1 N–H and O–H groups in total. The van der Waals surface area contributed by atoms with E-state index in [0.29, 0.717) is 13.1 Å². The minimum Gasteiger partial charge on any atom is -0.465 e. The molecule has 1 aromatic carbocycles. The largest absolute Gasteiger partial charge is 0.465 e. The van der Waals surface area contributed by atoms with Crippen molar-refractivity contribution in [2.24, 2.45) is 0 Å². The molecule has 1 aliphatic rings. The summed E-state index contributed by atoms with van der Waals surface area (Å²) in [6.07, 6.45) is 3.27. The van der Waals surface area contributed by atoms with Crippen LogP contribution in [0.2, 0.25) is 5.02 Å². The van der Waals surface area contributed by atoms with Gasteiger partial charge in [0.1, 0.15) is 0 Å². The van der Waals surface area contributed by atoms with Crippen LogP contribution in [-0.2, 0) is 14.8 Å². The van der Waals surface area contributed by atoms with Gasteiger partial charge in [-0.25, -0.2) is 13.2 Å². The summed E-state index contributed by atoms with van der Waals surface area (Å²) in [4.78, 5) is 16.0. The number of ether oxygens (including phenoxy) is 1. The predicted octanol–water partition coefficient (Wildman–Crippen LogP) is 1.86. The lowest BCUT2D eigenvalue weighted by Crippen LogP contribution is -2.48. The summed E-state index contributed by atoms with van der Waals surface area (Å²) in [5.74, 6) is -0.751. The maximum absolute atomic E-state index is 13.4. The lowest BCUT2D eigenvalue weighted by Gasteiger charge is -2.35. The van der Waals surface area contributed by atoms with Crippen LogP contribution < -0.4 is 5.32 Å². The van der Waals surface area contributed by atoms with E-state index in [1.54, 1.807) is 18.5 Å². The number of aromatic nitrogens is 1. The van der Waals surface area contributed by atoms with Gasteiger partial charge in [-0.15, -0.1) is 0 Å². The smallest absolute Gasteiger partial charge is 0.339 e. The van der Waals surface area contributed by atoms with Crippen molar-refractivity contribution in [1.29, 1.82) is 0 Å². The van der Waals surface area contributed by atoms with Crippen molar-refractivity contribution in [3.63, 3.8) is 0 Å². The molecular formula is C17H18ClN3O4S. The average Bonchev–Trinajstić information content (AvgIpc) is 2.67. The van der Waals surface area contributed by atoms with Crippen LogP contribution in [0.1, 0.15) is 22.0 Å². The number of nitrogens with one attached hydrogen (secondary N) is 1. The lowest BCUT2D eigenvalue weighted by atomic mass is 10.1. The molecule has 0 amide bonds. The first-order valence-corrected chi connectivity index (χ1v) is 9.77. The fourth-order valence-corrected chi connectivity index (χ4v) is 4.90. The van der Waals surface area contributed by atoms with Gasteiger partial charge in [-0.3, -0.25) is 4.98 Å². The molecule has 138 valence electrons. The third-order valence-electron chi connectivity index (χ3n) is 4.20. The third-order valence-corrected chi connectivity index (χ3v) is 6.40. The highest BCUT2D eigenvalue weighted by Crippen LogP contribution is 2.31. The maximum Gasteiger partial charge on any atom is 0.339 e. The summed E-state index contributed by atoms with van der Waals surface area (Å²) in [6.45, 7) is 1.23. The minimum atomic E-state index is -3.96. The molecule has 26 heavy (non-hydrogen) atoms. The molecule has 2 aromatic rings. The normalized spacial score (nSPS) is 18.5. The Morgan fingerprint density at radius 2 is 2.19 bits per heavy atom. The highest BCUT2D eigenvalue weighted by Gasteiger charge is 2.36. The van der Waals surface area contributed by atoms with E-state index in [1.807, 2.05) is 6.07 Å². The van der Waals surface area contributed by atoms with E-state index in [-0.39, 0.29) is 22.0 Å². The molecule has 1 aliphatic heterocycles. The van der Waals surface area contributed by atoms with Crippen LogP contribution in [-0.4, -0.2) is 50.4 Å². The van der Waals surface area contributed by atoms with Gasteiger partial charge in [0.15, 0.2) is 0 Å². The zero-order valence-corrected chi connectivity index (χ0v) is 15.6. The van der Waals surface area contributed by atoms with E-state index in [2.05, 4.69) is 10.3 Å². The number of halogens is 1. The fraction of sp³-hybridized carbons (Fsp3) is 0.294. The molecule has 0 saturated carbocycles. The molecule has 1 aromatic heterocycles. The number of benzene rings is 1. The molecular weight excluding hydrogens is 378 g/mol. The van der Waals surface area contributed by atoms with E-state index >= 15 is 0 Å². The summed E-state index contributed by atoms with van der Waals surface area (Å²) >= 11 is 5.94. The van der Waals surface area contributed by atoms with Crippen LogP contribution in [0.4, 0.5) is 0 Å². The summed E-state index contributed by atoms with van der Waals surface area (Å²) in [5.41, 5.74) is 0.695. The number of methoxy groups -OCH3 is 1. The molecule has 1 fully saturated rings. The zero-order valence-electron chi connectivity index (χ0n) is 14.1. The summed E-state index contributed by atoms with van der Waals surface area (Å²) in [5, 5.41) is 3.46. The Hall–Kier alpha value is -2.00. The van der Waals surface area contributed by atoms with Crippen molar-refractivity contribution in [3.05, 3.63) is 58.9 Å². The molecule has 1 saturated heterocycles. The van der Waals surface area contributed by atoms with Crippen LogP contribution in [0.3, 0.4) is 0 Å². The Morgan fingerprint density at radius 3 is 2.88 bits per heavy atom. The quantitative estimate of drug-likeness (QED) is 0.795. The van der Waals surface area contributed by atoms with Gasteiger partial charge in [-0.05, 0) is 29.8 Å². The molecule has 0 bridgehead atoms. The van der Waals surface area contributed by atoms with Gasteiger partial charge in [0.05, 0.1) is 23.6 Å². The number of hydrogen-bond acceptors (Lipinski definition) is 6. The van der Waals surface area contributed by atoms with Crippen molar-refractivity contribution in [3.8, 4) is 0 Å². The second-order valence-electron chi connectivity index (χ2n) is 5.75. The van der Waals surface area contributed by atoms with Crippen LogP contribution in [0.15, 0.2) is 47.6 Å². The van der Waals surface area contributed by atoms with E-state index in [4.69, 9.17) is 16.3 Å². The van der Waals surface area contributed by atoms with Crippen molar-refractivity contribution >= 4 is 27.6 Å². The minimum absolute atomic E-state index is 0.0801. The maximum atomic E-state index is 13.4. The Morgan fingerprint density at radius 1 is 1.38 bits per heavy atom. The van der Waals surface area contributed by atoms with Gasteiger partial charge in [0, 0.05) is 37.1 Å². The first-order chi connectivity index (χ1) is 12.4. The number of carbonyl (C=O) groups excluding carboxylic acids is 1. The van der Waals surface area contributed by atoms with Gasteiger partial charge in [0.25, 0.3) is 0 Å². The van der Waals surface area contributed by atoms with E-state index in [9.17, 15) is 13.2 Å². The van der Waals surface area contributed by atoms with E-state index in [1.165, 1.54) is 29.6 Å². The number of hydrogen-bond donors (Lipinski definition) is 1. The molecule has 3 rings (SSSR count). The summed E-state index contributed by atoms with van der Waals surface area (Å²) in [7, 11) is -2.76.